The van der Waals surface area contributed by atoms with Crippen LogP contribution in [-0.4, -0.2) is 20.9 Å². The minimum absolute atomic E-state index is 0.225. The number of aromatic hydroxyl groups is 1. The lowest BCUT2D eigenvalue weighted by atomic mass is 10.1. The predicted octanol–water partition coefficient (Wildman–Crippen LogP) is 1.95. The van der Waals surface area contributed by atoms with Gasteiger partial charge in [0.05, 0.1) is 4.92 Å². The molecule has 7 nitrogen and oxygen atoms in total. The van der Waals surface area contributed by atoms with Crippen LogP contribution in [0.5, 0.6) is 5.75 Å². The highest BCUT2D eigenvalue weighted by atomic mass is 16.6. The van der Waals surface area contributed by atoms with Crippen LogP contribution in [0.4, 0.5) is 11.5 Å². The Hall–Kier alpha value is -2.96. The first-order valence-electron chi connectivity index (χ1n) is 5.28. The molecule has 0 saturated carbocycles. The van der Waals surface area contributed by atoms with Crippen LogP contribution in [0.15, 0.2) is 42.6 Å². The Labute approximate surface area is 107 Å². The Kier molecular flexibility index (Phi) is 3.37. The number of carbonyl (C=O) groups excluding carboxylic acids is 1. The number of phenols is 1. The van der Waals surface area contributed by atoms with Crippen molar-refractivity contribution in [3.05, 3.63) is 58.3 Å². The molecule has 0 radical (unpaired) electrons. The third-order valence-electron chi connectivity index (χ3n) is 2.33. The highest BCUT2D eigenvalue weighted by Gasteiger charge is 2.20. The van der Waals surface area contributed by atoms with Crippen molar-refractivity contribution in [3.8, 4) is 5.75 Å². The first-order valence-corrected chi connectivity index (χ1v) is 5.28. The van der Waals surface area contributed by atoms with E-state index in [0.717, 1.165) is 18.2 Å². The van der Waals surface area contributed by atoms with E-state index >= 15 is 0 Å². The molecule has 0 bridgehead atoms. The van der Waals surface area contributed by atoms with Gasteiger partial charge >= 0.3 is 0 Å². The number of nitrogens with one attached hydrogen (secondary N) is 1. The molecule has 0 aliphatic carbocycles. The second-order valence-electron chi connectivity index (χ2n) is 3.63. The summed E-state index contributed by atoms with van der Waals surface area (Å²) in [6, 6.07) is 8.15. The molecule has 0 saturated heterocycles. The minimum Gasteiger partial charge on any atom is -0.508 e. The maximum absolute atomic E-state index is 11.9. The first kappa shape index (κ1) is 12.5. The molecule has 7 heteroatoms. The van der Waals surface area contributed by atoms with E-state index in [1.165, 1.54) is 6.20 Å². The zero-order chi connectivity index (χ0) is 13.8. The Balaban J connectivity index is 2.33. The van der Waals surface area contributed by atoms with Crippen LogP contribution >= 0.6 is 0 Å². The van der Waals surface area contributed by atoms with E-state index in [2.05, 4.69) is 10.3 Å². The number of nitrogens with zero attached hydrogens (tertiary/aromatic N) is 2. The molecule has 1 aromatic heterocycles. The van der Waals surface area contributed by atoms with E-state index in [4.69, 9.17) is 0 Å². The fraction of sp³-hybridized carbons (Fsp3) is 0. The average molecular weight is 259 g/mol. The van der Waals surface area contributed by atoms with Crippen molar-refractivity contribution in [2.45, 2.75) is 0 Å². The van der Waals surface area contributed by atoms with Crippen molar-refractivity contribution in [1.29, 1.82) is 0 Å². The number of phenolic OH excluding ortho intramolecular Hbond substituents is 1. The first-order chi connectivity index (χ1) is 9.08. The lowest BCUT2D eigenvalue weighted by Crippen LogP contribution is -2.14. The van der Waals surface area contributed by atoms with E-state index in [0.29, 0.717) is 0 Å². The molecule has 2 N–H and O–H groups in total. The van der Waals surface area contributed by atoms with Gasteiger partial charge in [-0.3, -0.25) is 14.9 Å². The number of nitro benzene ring substituents is 1. The number of nitro groups is 1. The van der Waals surface area contributed by atoms with Crippen molar-refractivity contribution in [3.63, 3.8) is 0 Å². The molecule has 1 amide bonds. The summed E-state index contributed by atoms with van der Waals surface area (Å²) in [5.74, 6) is -0.664. The van der Waals surface area contributed by atoms with Crippen molar-refractivity contribution in [2.75, 3.05) is 5.32 Å². The molecular weight excluding hydrogens is 250 g/mol. The second kappa shape index (κ2) is 5.13. The lowest BCUT2D eigenvalue weighted by molar-refractivity contribution is -0.385. The van der Waals surface area contributed by atoms with Gasteiger partial charge in [-0.25, -0.2) is 4.98 Å². The van der Waals surface area contributed by atoms with Crippen LogP contribution in [0.3, 0.4) is 0 Å². The fourth-order valence-corrected chi connectivity index (χ4v) is 1.49. The second-order valence-corrected chi connectivity index (χ2v) is 3.63. The normalized spacial score (nSPS) is 9.89. The number of benzene rings is 1. The van der Waals surface area contributed by atoms with Crippen LogP contribution < -0.4 is 5.32 Å². The molecule has 19 heavy (non-hydrogen) atoms. The number of hydrogen-bond acceptors (Lipinski definition) is 5. The van der Waals surface area contributed by atoms with E-state index < -0.39 is 10.8 Å². The van der Waals surface area contributed by atoms with Crippen molar-refractivity contribution in [2.24, 2.45) is 0 Å². The van der Waals surface area contributed by atoms with E-state index in [1.54, 1.807) is 18.2 Å². The van der Waals surface area contributed by atoms with Gasteiger partial charge in [0.15, 0.2) is 0 Å². The summed E-state index contributed by atoms with van der Waals surface area (Å²) >= 11 is 0. The average Bonchev–Trinajstić information content (AvgIpc) is 2.39. The third kappa shape index (κ3) is 2.83. The Morgan fingerprint density at radius 2 is 2.11 bits per heavy atom. The summed E-state index contributed by atoms with van der Waals surface area (Å²) in [6.45, 7) is 0. The van der Waals surface area contributed by atoms with Crippen molar-refractivity contribution in [1.82, 2.24) is 4.98 Å². The van der Waals surface area contributed by atoms with Gasteiger partial charge in [0, 0.05) is 12.3 Å². The number of amides is 1. The monoisotopic (exact) mass is 259 g/mol. The highest BCUT2D eigenvalue weighted by molar-refractivity contribution is 6.06. The van der Waals surface area contributed by atoms with Gasteiger partial charge in [-0.15, -0.1) is 0 Å². The van der Waals surface area contributed by atoms with Crippen LogP contribution in [0.1, 0.15) is 10.4 Å². The molecule has 1 aromatic carbocycles. The Morgan fingerprint density at radius 3 is 2.74 bits per heavy atom. The van der Waals surface area contributed by atoms with Crippen LogP contribution in [0, 0.1) is 10.1 Å². The smallest absolute Gasteiger partial charge is 0.282 e. The topological polar surface area (TPSA) is 105 Å². The number of hydrogen-bond donors (Lipinski definition) is 2. The molecular formula is C12H9N3O4. The van der Waals surface area contributed by atoms with Crippen LogP contribution in [-0.2, 0) is 0 Å². The molecule has 0 spiro atoms. The Bertz CT molecular complexity index is 628. The van der Waals surface area contributed by atoms with E-state index in [9.17, 15) is 20.0 Å². The molecule has 0 fully saturated rings. The molecule has 0 unspecified atom stereocenters. The summed E-state index contributed by atoms with van der Waals surface area (Å²) in [4.78, 5) is 25.9. The summed E-state index contributed by atoms with van der Waals surface area (Å²) in [5.41, 5.74) is -0.609. The van der Waals surface area contributed by atoms with Gasteiger partial charge in [0.1, 0.15) is 17.1 Å². The van der Waals surface area contributed by atoms with Crippen LogP contribution in [0.25, 0.3) is 0 Å². The quantitative estimate of drug-likeness (QED) is 0.647. The molecule has 2 aromatic rings. The van der Waals surface area contributed by atoms with Gasteiger partial charge in [0.25, 0.3) is 11.6 Å². The highest BCUT2D eigenvalue weighted by Crippen LogP contribution is 2.23. The van der Waals surface area contributed by atoms with Gasteiger partial charge in [0.2, 0.25) is 0 Å². The van der Waals surface area contributed by atoms with Crippen molar-refractivity contribution < 1.29 is 14.8 Å². The van der Waals surface area contributed by atoms with Crippen LogP contribution in [0.2, 0.25) is 0 Å². The number of aromatic nitrogens is 1. The molecule has 0 atom stereocenters. The summed E-state index contributed by atoms with van der Waals surface area (Å²) < 4.78 is 0. The van der Waals surface area contributed by atoms with E-state index in [-0.39, 0.29) is 22.8 Å². The molecule has 96 valence electrons. The standard InChI is InChI=1S/C12H9N3O4/c16-8-4-5-10(15(18)19)9(7-8)12(17)14-11-3-1-2-6-13-11/h1-7,16H,(H,13,14,17). The SMILES string of the molecule is O=C(Nc1ccccn1)c1cc(O)ccc1[N+](=O)[O-]. The summed E-state index contributed by atoms with van der Waals surface area (Å²) in [5, 5.41) is 22.5. The van der Waals surface area contributed by atoms with Gasteiger partial charge < -0.3 is 10.4 Å². The largest absolute Gasteiger partial charge is 0.508 e. The zero-order valence-corrected chi connectivity index (χ0v) is 9.61. The molecule has 1 heterocycles. The fourth-order valence-electron chi connectivity index (χ4n) is 1.49. The number of pyridine rings is 1. The van der Waals surface area contributed by atoms with Gasteiger partial charge in [-0.1, -0.05) is 6.07 Å². The van der Waals surface area contributed by atoms with Gasteiger partial charge in [-0.2, -0.15) is 0 Å². The molecule has 2 rings (SSSR count). The minimum atomic E-state index is -0.707. The van der Waals surface area contributed by atoms with Gasteiger partial charge in [-0.05, 0) is 24.3 Å². The number of rotatable bonds is 3. The predicted molar refractivity (Wildman–Crippen MR) is 67.0 cm³/mol. The summed E-state index contributed by atoms with van der Waals surface area (Å²) in [7, 11) is 0. The number of anilines is 1. The molecule has 0 aliphatic heterocycles. The maximum Gasteiger partial charge on any atom is 0.282 e. The lowest BCUT2D eigenvalue weighted by Gasteiger charge is -2.05. The van der Waals surface area contributed by atoms with E-state index in [1.807, 2.05) is 0 Å². The molecule has 0 aliphatic rings. The summed E-state index contributed by atoms with van der Waals surface area (Å²) in [6.07, 6.45) is 1.48. The maximum atomic E-state index is 11.9. The zero-order valence-electron chi connectivity index (χ0n) is 9.61. The number of carbonyl (C=O) groups is 1. The van der Waals surface area contributed by atoms with Crippen molar-refractivity contribution >= 4 is 17.4 Å². The third-order valence-corrected chi connectivity index (χ3v) is 2.33. The Morgan fingerprint density at radius 1 is 1.32 bits per heavy atom.